The average Bonchev–Trinajstić information content (AvgIpc) is 2.53. The summed E-state index contributed by atoms with van der Waals surface area (Å²) in [4.78, 5) is 22.3. The maximum Gasteiger partial charge on any atom is 0.514 e. The Morgan fingerprint density at radius 1 is 0.741 bits per heavy atom. The predicted molar refractivity (Wildman–Crippen MR) is 101 cm³/mol. The van der Waals surface area contributed by atoms with Crippen molar-refractivity contribution < 1.29 is 28.9 Å². The Labute approximate surface area is 158 Å². The van der Waals surface area contributed by atoms with Gasteiger partial charge in [-0.1, -0.05) is 38.1 Å². The molecule has 0 fully saturated rings. The molecule has 0 saturated heterocycles. The van der Waals surface area contributed by atoms with Gasteiger partial charge in [0.05, 0.1) is 0 Å². The first kappa shape index (κ1) is 20.3. The van der Waals surface area contributed by atoms with Crippen molar-refractivity contribution in [2.24, 2.45) is 0 Å². The second-order valence-electron chi connectivity index (χ2n) is 7.61. The summed E-state index contributed by atoms with van der Waals surface area (Å²) in [5, 5.41) is 8.66. The molecule has 6 heteroatoms. The van der Waals surface area contributed by atoms with Crippen LogP contribution in [-0.4, -0.2) is 23.0 Å². The molecule has 0 bridgehead atoms. The van der Waals surface area contributed by atoms with Gasteiger partial charge in [0.25, 0.3) is 0 Å². The highest BCUT2D eigenvalue weighted by Gasteiger charge is 2.24. The Kier molecular flexibility index (Phi) is 5.78. The fraction of sp³-hybridized carbons (Fsp3) is 0.333. The van der Waals surface area contributed by atoms with Crippen molar-refractivity contribution in [1.82, 2.24) is 0 Å². The van der Waals surface area contributed by atoms with Crippen molar-refractivity contribution in [3.63, 3.8) is 0 Å². The van der Waals surface area contributed by atoms with Crippen LogP contribution >= 0.6 is 0 Å². The minimum Gasteiger partial charge on any atom is -0.449 e. The normalized spacial score (nSPS) is 11.6. The first-order chi connectivity index (χ1) is 12.5. The van der Waals surface area contributed by atoms with Crippen LogP contribution in [0.4, 0.5) is 9.59 Å². The van der Waals surface area contributed by atoms with Crippen molar-refractivity contribution in [1.29, 1.82) is 0 Å². The van der Waals surface area contributed by atoms with Crippen LogP contribution in [0.15, 0.2) is 48.5 Å². The molecule has 0 aliphatic heterocycles. The van der Waals surface area contributed by atoms with Crippen LogP contribution in [0.25, 0.3) is 0 Å². The molecule has 0 spiro atoms. The Bertz CT molecular complexity index is 798. The van der Waals surface area contributed by atoms with Gasteiger partial charge in [-0.05, 0) is 56.2 Å². The molecule has 0 atom stereocenters. The van der Waals surface area contributed by atoms with Crippen molar-refractivity contribution in [3.8, 4) is 11.5 Å². The average molecular weight is 372 g/mol. The lowest BCUT2D eigenvalue weighted by Gasteiger charge is -2.26. The van der Waals surface area contributed by atoms with Crippen LogP contribution in [0.2, 0.25) is 0 Å². The minimum absolute atomic E-state index is 0.267. The lowest BCUT2D eigenvalue weighted by atomic mass is 9.78. The zero-order chi connectivity index (χ0) is 20.2. The third-order valence-electron chi connectivity index (χ3n) is 3.95. The highest BCUT2D eigenvalue weighted by atomic mass is 16.7. The molecular formula is C21H24O6. The van der Waals surface area contributed by atoms with Crippen LogP contribution in [0.5, 0.6) is 11.5 Å². The standard InChI is InChI=1S/C21H24O6/c1-20(2,3)27-19(24)26-17-12-8-15(9-13-17)21(4,5)14-6-10-16(11-7-14)25-18(22)23/h6-13H,1-5H3,(H,22,23). The molecule has 0 aliphatic rings. The first-order valence-electron chi connectivity index (χ1n) is 8.50. The number of carbonyl (C=O) groups excluding carboxylic acids is 1. The Hall–Kier alpha value is -3.02. The minimum atomic E-state index is -1.34. The molecule has 1 N–H and O–H groups in total. The van der Waals surface area contributed by atoms with Crippen molar-refractivity contribution >= 4 is 12.3 Å². The fourth-order valence-electron chi connectivity index (χ4n) is 2.51. The van der Waals surface area contributed by atoms with E-state index in [1.807, 2.05) is 38.1 Å². The summed E-state index contributed by atoms with van der Waals surface area (Å²) in [6, 6.07) is 14.1. The SMILES string of the molecule is CC(C)(C)OC(=O)Oc1ccc(C(C)(C)c2ccc(OC(=O)O)cc2)cc1. The summed E-state index contributed by atoms with van der Waals surface area (Å²) >= 11 is 0. The van der Waals surface area contributed by atoms with Crippen LogP contribution in [0, 0.1) is 0 Å². The van der Waals surface area contributed by atoms with Gasteiger partial charge in [-0.2, -0.15) is 0 Å². The van der Waals surface area contributed by atoms with Crippen molar-refractivity contribution in [2.45, 2.75) is 45.6 Å². The lowest BCUT2D eigenvalue weighted by Crippen LogP contribution is -2.26. The van der Waals surface area contributed by atoms with Crippen molar-refractivity contribution in [2.75, 3.05) is 0 Å². The molecule has 144 valence electrons. The molecule has 2 rings (SSSR count). The molecule has 0 saturated carbocycles. The largest absolute Gasteiger partial charge is 0.514 e. The van der Waals surface area contributed by atoms with E-state index < -0.39 is 17.9 Å². The zero-order valence-electron chi connectivity index (χ0n) is 16.1. The van der Waals surface area contributed by atoms with Crippen LogP contribution < -0.4 is 9.47 Å². The van der Waals surface area contributed by atoms with E-state index in [-0.39, 0.29) is 11.2 Å². The van der Waals surface area contributed by atoms with E-state index >= 15 is 0 Å². The topological polar surface area (TPSA) is 82.1 Å². The summed E-state index contributed by atoms with van der Waals surface area (Å²) in [5.41, 5.74) is 1.04. The first-order valence-corrected chi connectivity index (χ1v) is 8.50. The Morgan fingerprint density at radius 3 is 1.52 bits per heavy atom. The zero-order valence-corrected chi connectivity index (χ0v) is 16.1. The third kappa shape index (κ3) is 5.74. The van der Waals surface area contributed by atoms with Crippen LogP contribution in [0.1, 0.15) is 45.7 Å². The summed E-state index contributed by atoms with van der Waals surface area (Å²) in [7, 11) is 0. The van der Waals surface area contributed by atoms with Crippen LogP contribution in [0.3, 0.4) is 0 Å². The molecule has 0 unspecified atom stereocenters. The predicted octanol–water partition coefficient (Wildman–Crippen LogP) is 5.38. The lowest BCUT2D eigenvalue weighted by molar-refractivity contribution is 0.0206. The molecule has 0 heterocycles. The van der Waals surface area contributed by atoms with Gasteiger partial charge < -0.3 is 19.3 Å². The quantitative estimate of drug-likeness (QED) is 0.573. The summed E-state index contributed by atoms with van der Waals surface area (Å²) in [5.74, 6) is 0.664. The number of carboxylic acid groups (broad SMARTS) is 1. The summed E-state index contributed by atoms with van der Waals surface area (Å²) < 4.78 is 14.9. The molecule has 2 aromatic rings. The summed E-state index contributed by atoms with van der Waals surface area (Å²) in [6.45, 7) is 9.40. The van der Waals surface area contributed by atoms with Gasteiger partial charge in [0, 0.05) is 5.41 Å². The molecular weight excluding hydrogens is 348 g/mol. The van der Waals surface area contributed by atoms with E-state index in [9.17, 15) is 9.59 Å². The highest BCUT2D eigenvalue weighted by molar-refractivity contribution is 5.64. The number of rotatable bonds is 4. The van der Waals surface area contributed by atoms with Gasteiger partial charge >= 0.3 is 12.3 Å². The van der Waals surface area contributed by atoms with Gasteiger partial charge in [0.1, 0.15) is 17.1 Å². The van der Waals surface area contributed by atoms with E-state index in [0.29, 0.717) is 5.75 Å². The van der Waals surface area contributed by atoms with Gasteiger partial charge in [0.2, 0.25) is 0 Å². The summed E-state index contributed by atoms with van der Waals surface area (Å²) in [6.07, 6.45) is -2.09. The Balaban J connectivity index is 2.12. The molecule has 0 aliphatic carbocycles. The monoisotopic (exact) mass is 372 g/mol. The second kappa shape index (κ2) is 7.70. The maximum absolute atomic E-state index is 11.7. The molecule has 0 amide bonds. The molecule has 6 nitrogen and oxygen atoms in total. The van der Waals surface area contributed by atoms with Gasteiger partial charge in [-0.3, -0.25) is 0 Å². The number of hydrogen-bond donors (Lipinski definition) is 1. The molecule has 0 radical (unpaired) electrons. The van der Waals surface area contributed by atoms with Gasteiger partial charge in [-0.15, -0.1) is 0 Å². The van der Waals surface area contributed by atoms with E-state index in [0.717, 1.165) is 11.1 Å². The third-order valence-corrected chi connectivity index (χ3v) is 3.95. The van der Waals surface area contributed by atoms with Crippen molar-refractivity contribution in [3.05, 3.63) is 59.7 Å². The van der Waals surface area contributed by atoms with E-state index in [2.05, 4.69) is 4.74 Å². The van der Waals surface area contributed by atoms with Gasteiger partial charge in [0.15, 0.2) is 0 Å². The van der Waals surface area contributed by atoms with E-state index in [4.69, 9.17) is 14.6 Å². The fourth-order valence-corrected chi connectivity index (χ4v) is 2.51. The number of carbonyl (C=O) groups is 2. The molecule has 27 heavy (non-hydrogen) atoms. The van der Waals surface area contributed by atoms with Gasteiger partial charge in [-0.25, -0.2) is 9.59 Å². The van der Waals surface area contributed by atoms with Crippen LogP contribution in [-0.2, 0) is 10.2 Å². The van der Waals surface area contributed by atoms with E-state index in [1.54, 1.807) is 45.0 Å². The number of ether oxygens (including phenoxy) is 3. The number of hydrogen-bond acceptors (Lipinski definition) is 5. The molecule has 2 aromatic carbocycles. The second-order valence-corrected chi connectivity index (χ2v) is 7.61. The Morgan fingerprint density at radius 2 is 1.15 bits per heavy atom. The number of benzene rings is 2. The smallest absolute Gasteiger partial charge is 0.449 e. The van der Waals surface area contributed by atoms with E-state index in [1.165, 1.54) is 0 Å². The maximum atomic E-state index is 11.7. The molecule has 0 aromatic heterocycles. The highest BCUT2D eigenvalue weighted by Crippen LogP contribution is 2.33.